The lowest BCUT2D eigenvalue weighted by Crippen LogP contribution is -2.49. The zero-order chi connectivity index (χ0) is 18.1. The maximum Gasteiger partial charge on any atom is 0.191 e. The van der Waals surface area contributed by atoms with Crippen LogP contribution in [0.3, 0.4) is 0 Å². The molecule has 0 aromatic heterocycles. The van der Waals surface area contributed by atoms with Crippen LogP contribution in [0.15, 0.2) is 4.99 Å². The van der Waals surface area contributed by atoms with Gasteiger partial charge in [0.1, 0.15) is 0 Å². The molecular weight excluding hydrogens is 310 g/mol. The first kappa shape index (κ1) is 20.5. The van der Waals surface area contributed by atoms with Crippen LogP contribution >= 0.6 is 0 Å². The third kappa shape index (κ3) is 6.78. The number of likely N-dealkylation sites (N-methyl/N-ethyl adjacent to an activating group) is 1. The van der Waals surface area contributed by atoms with Gasteiger partial charge in [0.25, 0.3) is 0 Å². The van der Waals surface area contributed by atoms with Gasteiger partial charge < -0.3 is 15.5 Å². The molecular formula is C20H41N5. The Labute approximate surface area is 155 Å². The van der Waals surface area contributed by atoms with E-state index in [4.69, 9.17) is 4.99 Å². The molecule has 0 atom stereocenters. The van der Waals surface area contributed by atoms with E-state index in [9.17, 15) is 0 Å². The molecule has 1 saturated heterocycles. The summed E-state index contributed by atoms with van der Waals surface area (Å²) in [6.45, 7) is 19.1. The van der Waals surface area contributed by atoms with Gasteiger partial charge in [0.2, 0.25) is 0 Å². The highest BCUT2D eigenvalue weighted by Crippen LogP contribution is 2.46. The van der Waals surface area contributed by atoms with Crippen molar-refractivity contribution in [2.75, 3.05) is 58.9 Å². The van der Waals surface area contributed by atoms with E-state index in [1.165, 1.54) is 58.4 Å². The molecule has 0 unspecified atom stereocenters. The molecule has 2 aliphatic rings. The fraction of sp³-hybridized carbons (Fsp3) is 0.950. The van der Waals surface area contributed by atoms with Crippen molar-refractivity contribution in [3.63, 3.8) is 0 Å². The summed E-state index contributed by atoms with van der Waals surface area (Å²) in [5, 5.41) is 6.97. The predicted molar refractivity (Wildman–Crippen MR) is 108 cm³/mol. The first-order chi connectivity index (χ1) is 12.1. The average molecular weight is 352 g/mol. The Hall–Kier alpha value is -0.810. The summed E-state index contributed by atoms with van der Waals surface area (Å²) in [7, 11) is 0. The van der Waals surface area contributed by atoms with E-state index < -0.39 is 0 Å². The second-order valence-corrected chi connectivity index (χ2v) is 8.35. The van der Waals surface area contributed by atoms with Crippen molar-refractivity contribution in [1.82, 2.24) is 20.4 Å². The highest BCUT2D eigenvalue weighted by Gasteiger charge is 2.37. The first-order valence-electron chi connectivity index (χ1n) is 10.5. The van der Waals surface area contributed by atoms with Crippen molar-refractivity contribution in [3.05, 3.63) is 0 Å². The number of nitrogens with one attached hydrogen (secondary N) is 2. The highest BCUT2D eigenvalue weighted by atomic mass is 15.3. The maximum absolute atomic E-state index is 4.94. The minimum absolute atomic E-state index is 0.479. The monoisotopic (exact) mass is 351 g/mol. The van der Waals surface area contributed by atoms with Crippen LogP contribution in [-0.2, 0) is 0 Å². The Morgan fingerprint density at radius 2 is 1.72 bits per heavy atom. The lowest BCUT2D eigenvalue weighted by molar-refractivity contribution is 0.111. The summed E-state index contributed by atoms with van der Waals surface area (Å²) < 4.78 is 0. The predicted octanol–water partition coefficient (Wildman–Crippen LogP) is 2.40. The summed E-state index contributed by atoms with van der Waals surface area (Å²) in [6, 6.07) is 0. The Morgan fingerprint density at radius 1 is 1.04 bits per heavy atom. The van der Waals surface area contributed by atoms with Gasteiger partial charge in [-0.25, -0.2) is 0 Å². The molecule has 0 spiro atoms. The van der Waals surface area contributed by atoms with Crippen LogP contribution in [0.25, 0.3) is 0 Å². The number of nitrogens with zero attached hydrogens (tertiary/aromatic N) is 3. The number of hydrogen-bond acceptors (Lipinski definition) is 3. The topological polar surface area (TPSA) is 42.9 Å². The van der Waals surface area contributed by atoms with Crippen LogP contribution < -0.4 is 10.6 Å². The maximum atomic E-state index is 4.94. The van der Waals surface area contributed by atoms with E-state index in [-0.39, 0.29) is 0 Å². The Balaban J connectivity index is 1.74. The van der Waals surface area contributed by atoms with Gasteiger partial charge in [-0.15, -0.1) is 0 Å². The van der Waals surface area contributed by atoms with Crippen LogP contribution in [0.5, 0.6) is 0 Å². The van der Waals surface area contributed by atoms with Gasteiger partial charge in [0, 0.05) is 52.4 Å². The van der Waals surface area contributed by atoms with Crippen LogP contribution in [0.1, 0.15) is 53.4 Å². The highest BCUT2D eigenvalue weighted by molar-refractivity contribution is 5.79. The molecule has 2 N–H and O–H groups in total. The van der Waals surface area contributed by atoms with Crippen molar-refractivity contribution in [2.24, 2.45) is 16.3 Å². The minimum atomic E-state index is 0.479. The summed E-state index contributed by atoms with van der Waals surface area (Å²) in [6.07, 6.45) is 5.42. The fourth-order valence-corrected chi connectivity index (χ4v) is 4.22. The fourth-order valence-electron chi connectivity index (χ4n) is 4.22. The smallest absolute Gasteiger partial charge is 0.191 e. The summed E-state index contributed by atoms with van der Waals surface area (Å²) in [5.74, 6) is 1.78. The molecule has 5 heteroatoms. The lowest BCUT2D eigenvalue weighted by Gasteiger charge is -2.42. The van der Waals surface area contributed by atoms with Crippen LogP contribution in [0.4, 0.5) is 0 Å². The number of hydrogen-bond donors (Lipinski definition) is 2. The molecule has 0 aromatic rings. The summed E-state index contributed by atoms with van der Waals surface area (Å²) in [4.78, 5) is 10.0. The number of rotatable bonds is 9. The van der Waals surface area contributed by atoms with E-state index in [0.717, 1.165) is 38.1 Å². The van der Waals surface area contributed by atoms with E-state index in [0.29, 0.717) is 5.41 Å². The lowest BCUT2D eigenvalue weighted by atomic mass is 9.64. The average Bonchev–Trinajstić information content (AvgIpc) is 2.57. The Kier molecular flexibility index (Phi) is 8.50. The molecule has 25 heavy (non-hydrogen) atoms. The van der Waals surface area contributed by atoms with Gasteiger partial charge in [-0.05, 0) is 44.1 Å². The van der Waals surface area contributed by atoms with E-state index >= 15 is 0 Å². The molecule has 1 aliphatic carbocycles. The molecule has 1 saturated carbocycles. The van der Waals surface area contributed by atoms with Crippen molar-refractivity contribution in [3.8, 4) is 0 Å². The van der Waals surface area contributed by atoms with Gasteiger partial charge in [-0.1, -0.05) is 27.2 Å². The Bertz CT molecular complexity index is 395. The van der Waals surface area contributed by atoms with Crippen LogP contribution in [0.2, 0.25) is 0 Å². The number of piperazine rings is 1. The first-order valence-corrected chi connectivity index (χ1v) is 10.5. The molecule has 0 aromatic carbocycles. The zero-order valence-corrected chi connectivity index (χ0v) is 17.1. The molecule has 5 nitrogen and oxygen atoms in total. The Morgan fingerprint density at radius 3 is 2.24 bits per heavy atom. The van der Waals surface area contributed by atoms with Crippen LogP contribution in [-0.4, -0.2) is 74.7 Å². The summed E-state index contributed by atoms with van der Waals surface area (Å²) >= 11 is 0. The van der Waals surface area contributed by atoms with Crippen LogP contribution in [0, 0.1) is 11.3 Å². The quantitative estimate of drug-likeness (QED) is 0.494. The van der Waals surface area contributed by atoms with E-state index in [2.05, 4.69) is 48.1 Å². The second-order valence-electron chi connectivity index (χ2n) is 8.35. The third-order valence-electron chi connectivity index (χ3n) is 5.80. The normalized spacial score (nSPS) is 22.0. The van der Waals surface area contributed by atoms with Crippen molar-refractivity contribution < 1.29 is 0 Å². The molecule has 2 rings (SSSR count). The minimum Gasteiger partial charge on any atom is -0.357 e. The van der Waals surface area contributed by atoms with Crippen molar-refractivity contribution in [1.29, 1.82) is 0 Å². The van der Waals surface area contributed by atoms with Gasteiger partial charge in [-0.3, -0.25) is 9.89 Å². The molecule has 2 fully saturated rings. The third-order valence-corrected chi connectivity index (χ3v) is 5.80. The number of aliphatic imine (C=N–C) groups is 1. The van der Waals surface area contributed by atoms with Crippen molar-refractivity contribution >= 4 is 5.96 Å². The molecule has 0 radical (unpaired) electrons. The van der Waals surface area contributed by atoms with Gasteiger partial charge >= 0.3 is 0 Å². The summed E-state index contributed by atoms with van der Waals surface area (Å²) in [5.41, 5.74) is 0.479. The second kappa shape index (κ2) is 10.4. The molecule has 0 amide bonds. The largest absolute Gasteiger partial charge is 0.357 e. The molecule has 1 aliphatic heterocycles. The standard InChI is InChI=1S/C20H41N5/c1-5-21-19(23-17-20(8-7-9-20)16-18(3)4)22-10-11-25-14-12-24(6-2)13-15-25/h18H,5-17H2,1-4H3,(H2,21,22,23). The zero-order valence-electron chi connectivity index (χ0n) is 17.1. The van der Waals surface area contributed by atoms with E-state index in [1.807, 2.05) is 0 Å². The molecule has 0 bridgehead atoms. The van der Waals surface area contributed by atoms with Gasteiger partial charge in [0.15, 0.2) is 5.96 Å². The van der Waals surface area contributed by atoms with Gasteiger partial charge in [0.05, 0.1) is 0 Å². The van der Waals surface area contributed by atoms with Gasteiger partial charge in [-0.2, -0.15) is 0 Å². The van der Waals surface area contributed by atoms with Crippen molar-refractivity contribution in [2.45, 2.75) is 53.4 Å². The van der Waals surface area contributed by atoms with E-state index in [1.54, 1.807) is 0 Å². The molecule has 1 heterocycles. The SMILES string of the molecule is CCNC(=NCC1(CC(C)C)CCC1)NCCN1CCN(CC)CC1. The molecule has 146 valence electrons. The number of guanidine groups is 1.